The average Bonchev–Trinajstić information content (AvgIpc) is 2.52. The van der Waals surface area contributed by atoms with Crippen molar-refractivity contribution >= 4 is 23.2 Å². The average molecular weight is 240 g/mol. The summed E-state index contributed by atoms with van der Waals surface area (Å²) >= 11 is 12.2. The summed E-state index contributed by atoms with van der Waals surface area (Å²) in [6.45, 7) is 4.09. The first-order chi connectivity index (χ1) is 7.11. The molecule has 1 heterocycles. The van der Waals surface area contributed by atoms with E-state index in [2.05, 4.69) is 16.7 Å². The van der Waals surface area contributed by atoms with Crippen LogP contribution in [-0.4, -0.2) is 4.57 Å². The molecule has 0 saturated heterocycles. The highest BCUT2D eigenvalue weighted by Gasteiger charge is 2.09. The highest BCUT2D eigenvalue weighted by atomic mass is 35.5. The minimum absolute atomic E-state index is 0.585. The molecule has 0 radical (unpaired) electrons. The summed E-state index contributed by atoms with van der Waals surface area (Å²) in [6, 6.07) is 9.79. The van der Waals surface area contributed by atoms with E-state index in [9.17, 15) is 0 Å². The van der Waals surface area contributed by atoms with Gasteiger partial charge in [0.2, 0.25) is 0 Å². The van der Waals surface area contributed by atoms with Crippen molar-refractivity contribution in [2.45, 2.75) is 13.8 Å². The van der Waals surface area contributed by atoms with Crippen LogP contribution in [0.5, 0.6) is 0 Å². The first kappa shape index (κ1) is 10.6. The Morgan fingerprint density at radius 2 is 1.53 bits per heavy atom. The number of rotatable bonds is 1. The van der Waals surface area contributed by atoms with Gasteiger partial charge in [-0.3, -0.25) is 0 Å². The molecular formula is C12H11Cl2N. The molecule has 15 heavy (non-hydrogen) atoms. The summed E-state index contributed by atoms with van der Waals surface area (Å²) in [5.41, 5.74) is 3.23. The molecule has 2 rings (SSSR count). The van der Waals surface area contributed by atoms with E-state index in [0.717, 1.165) is 17.1 Å². The number of hydrogen-bond donors (Lipinski definition) is 0. The molecule has 1 aromatic carbocycles. The maximum Gasteiger partial charge on any atom is 0.0832 e. The smallest absolute Gasteiger partial charge is 0.0832 e. The third-order valence-electron chi connectivity index (χ3n) is 2.44. The van der Waals surface area contributed by atoms with E-state index in [1.165, 1.54) is 0 Å². The van der Waals surface area contributed by atoms with E-state index in [4.69, 9.17) is 23.2 Å². The Bertz CT molecular complexity index is 481. The molecule has 2 aromatic rings. The molecular weight excluding hydrogens is 229 g/mol. The van der Waals surface area contributed by atoms with Gasteiger partial charge in [-0.15, -0.1) is 0 Å². The second-order valence-electron chi connectivity index (χ2n) is 3.52. The van der Waals surface area contributed by atoms with E-state index < -0.39 is 0 Å². The van der Waals surface area contributed by atoms with Crippen LogP contribution >= 0.6 is 23.2 Å². The molecule has 0 aliphatic heterocycles. The Morgan fingerprint density at radius 3 is 2.13 bits per heavy atom. The van der Waals surface area contributed by atoms with Crippen LogP contribution in [0.1, 0.15) is 11.4 Å². The quantitative estimate of drug-likeness (QED) is 0.696. The Morgan fingerprint density at radius 1 is 0.933 bits per heavy atom. The lowest BCUT2D eigenvalue weighted by Crippen LogP contribution is -1.99. The predicted octanol–water partition coefficient (Wildman–Crippen LogP) is 4.40. The minimum atomic E-state index is 0.585. The molecule has 0 N–H and O–H groups in total. The van der Waals surface area contributed by atoms with Crippen molar-refractivity contribution in [3.63, 3.8) is 0 Å². The lowest BCUT2D eigenvalue weighted by molar-refractivity contribution is 0.966. The molecule has 1 aromatic heterocycles. The second-order valence-corrected chi connectivity index (χ2v) is 4.31. The number of benzene rings is 1. The van der Waals surface area contributed by atoms with Gasteiger partial charge in [-0.2, -0.15) is 0 Å². The summed E-state index contributed by atoms with van der Waals surface area (Å²) in [7, 11) is 0. The summed E-state index contributed by atoms with van der Waals surface area (Å²) in [6.07, 6.45) is 0. The van der Waals surface area contributed by atoms with E-state index in [0.29, 0.717) is 10.0 Å². The van der Waals surface area contributed by atoms with Crippen molar-refractivity contribution in [1.82, 2.24) is 4.57 Å². The van der Waals surface area contributed by atoms with Crippen molar-refractivity contribution in [3.8, 4) is 5.69 Å². The maximum absolute atomic E-state index is 6.18. The van der Waals surface area contributed by atoms with Gasteiger partial charge < -0.3 is 4.57 Å². The first-order valence-electron chi connectivity index (χ1n) is 4.70. The van der Waals surface area contributed by atoms with Gasteiger partial charge in [-0.05, 0) is 38.1 Å². The third-order valence-corrected chi connectivity index (χ3v) is 3.25. The fourth-order valence-electron chi connectivity index (χ4n) is 1.71. The molecule has 0 fully saturated rings. The monoisotopic (exact) mass is 239 g/mol. The topological polar surface area (TPSA) is 4.93 Å². The molecule has 0 atom stereocenters. The first-order valence-corrected chi connectivity index (χ1v) is 5.46. The lowest BCUT2D eigenvalue weighted by atomic mass is 10.3. The van der Waals surface area contributed by atoms with E-state index >= 15 is 0 Å². The zero-order chi connectivity index (χ0) is 11.0. The Hall–Kier alpha value is -0.920. The van der Waals surface area contributed by atoms with Gasteiger partial charge in [-0.25, -0.2) is 0 Å². The van der Waals surface area contributed by atoms with Gasteiger partial charge in [-0.1, -0.05) is 29.3 Å². The Labute approximate surface area is 99.2 Å². The van der Waals surface area contributed by atoms with Crippen molar-refractivity contribution < 1.29 is 0 Å². The number of aromatic nitrogens is 1. The van der Waals surface area contributed by atoms with Crippen molar-refractivity contribution in [3.05, 3.63) is 51.8 Å². The molecule has 0 amide bonds. The number of hydrogen-bond acceptors (Lipinski definition) is 0. The Balaban J connectivity index is 2.69. The third kappa shape index (κ3) is 1.77. The molecule has 0 aliphatic rings. The SMILES string of the molecule is Cc1ccc(C)n1-c1cccc(Cl)c1Cl. The molecule has 0 aliphatic carbocycles. The highest BCUT2D eigenvalue weighted by molar-refractivity contribution is 6.43. The normalized spacial score (nSPS) is 10.7. The zero-order valence-electron chi connectivity index (χ0n) is 8.59. The number of nitrogens with zero attached hydrogens (tertiary/aromatic N) is 1. The predicted molar refractivity (Wildman–Crippen MR) is 65.3 cm³/mol. The van der Waals surface area contributed by atoms with Crippen molar-refractivity contribution in [2.75, 3.05) is 0 Å². The minimum Gasteiger partial charge on any atom is -0.317 e. The van der Waals surface area contributed by atoms with Crippen LogP contribution in [0.3, 0.4) is 0 Å². The van der Waals surface area contributed by atoms with Gasteiger partial charge in [0.25, 0.3) is 0 Å². The molecule has 0 bridgehead atoms. The fraction of sp³-hybridized carbons (Fsp3) is 0.167. The van der Waals surface area contributed by atoms with Crippen LogP contribution in [0, 0.1) is 13.8 Å². The summed E-state index contributed by atoms with van der Waals surface area (Å²) in [4.78, 5) is 0. The maximum atomic E-state index is 6.18. The van der Waals surface area contributed by atoms with Gasteiger partial charge in [0.1, 0.15) is 0 Å². The van der Waals surface area contributed by atoms with Crippen molar-refractivity contribution in [2.24, 2.45) is 0 Å². The van der Waals surface area contributed by atoms with Gasteiger partial charge in [0, 0.05) is 11.4 Å². The van der Waals surface area contributed by atoms with Crippen LogP contribution in [0.25, 0.3) is 5.69 Å². The highest BCUT2D eigenvalue weighted by Crippen LogP contribution is 2.30. The van der Waals surface area contributed by atoms with Gasteiger partial charge in [0.15, 0.2) is 0 Å². The molecule has 1 nitrogen and oxygen atoms in total. The molecule has 0 spiro atoms. The van der Waals surface area contributed by atoms with Crippen LogP contribution in [0.15, 0.2) is 30.3 Å². The number of aryl methyl sites for hydroxylation is 2. The van der Waals surface area contributed by atoms with E-state index in [1.54, 1.807) is 6.07 Å². The number of halogens is 2. The van der Waals surface area contributed by atoms with Gasteiger partial charge in [0.05, 0.1) is 15.7 Å². The summed E-state index contributed by atoms with van der Waals surface area (Å²) < 4.78 is 2.09. The van der Waals surface area contributed by atoms with Crippen LogP contribution in [0.2, 0.25) is 10.0 Å². The second kappa shape index (κ2) is 3.92. The van der Waals surface area contributed by atoms with Crippen LogP contribution < -0.4 is 0 Å². The van der Waals surface area contributed by atoms with E-state index in [-0.39, 0.29) is 0 Å². The van der Waals surface area contributed by atoms with Crippen LogP contribution in [0.4, 0.5) is 0 Å². The lowest BCUT2D eigenvalue weighted by Gasteiger charge is -2.11. The molecule has 78 valence electrons. The summed E-state index contributed by atoms with van der Waals surface area (Å²) in [5, 5.41) is 1.18. The molecule has 0 saturated carbocycles. The van der Waals surface area contributed by atoms with Crippen LogP contribution in [-0.2, 0) is 0 Å². The molecule has 3 heteroatoms. The Kier molecular flexibility index (Phi) is 2.76. The molecule has 0 unspecified atom stereocenters. The van der Waals surface area contributed by atoms with Gasteiger partial charge >= 0.3 is 0 Å². The van der Waals surface area contributed by atoms with Crippen molar-refractivity contribution in [1.29, 1.82) is 0 Å². The summed E-state index contributed by atoms with van der Waals surface area (Å²) in [5.74, 6) is 0. The zero-order valence-corrected chi connectivity index (χ0v) is 10.1. The standard InChI is InChI=1S/C12H11Cl2N/c1-8-6-7-9(2)15(8)11-5-3-4-10(13)12(11)14/h3-7H,1-2H3. The van der Waals surface area contributed by atoms with E-state index in [1.807, 2.05) is 26.0 Å². The fourth-order valence-corrected chi connectivity index (χ4v) is 2.09. The largest absolute Gasteiger partial charge is 0.317 e.